The Balaban J connectivity index is 1.79. The molecule has 0 nitrogen and oxygen atoms in total. The van der Waals surface area contributed by atoms with Crippen molar-refractivity contribution in [3.63, 3.8) is 0 Å². The zero-order valence-electron chi connectivity index (χ0n) is 25.4. The van der Waals surface area contributed by atoms with Gasteiger partial charge in [-0.1, -0.05) is 69.7 Å². The van der Waals surface area contributed by atoms with Gasteiger partial charge in [0.2, 0.25) is 0 Å². The lowest BCUT2D eigenvalue weighted by Gasteiger charge is -2.43. The highest BCUT2D eigenvalue weighted by molar-refractivity contribution is 5.31. The predicted octanol–water partition coefficient (Wildman–Crippen LogP) is 12.7. The monoisotopic (exact) mass is 752 g/mol. The third-order valence-electron chi connectivity index (χ3n) is 9.83. The first-order valence-electron chi connectivity index (χ1n) is 15.1. The highest BCUT2D eigenvalue weighted by Gasteiger charge is 2.96. The van der Waals surface area contributed by atoms with E-state index in [1.165, 1.54) is 0 Å². The van der Waals surface area contributed by atoms with E-state index in [9.17, 15) is 83.4 Å². The van der Waals surface area contributed by atoms with E-state index in [4.69, 9.17) is 0 Å². The Bertz CT molecular complexity index is 1250. The van der Waals surface area contributed by atoms with E-state index >= 15 is 0 Å². The molecule has 2 saturated carbocycles. The second-order valence-electron chi connectivity index (χ2n) is 13.1. The lowest BCUT2D eigenvalue weighted by Crippen LogP contribution is -2.75. The minimum atomic E-state index is -8.92. The van der Waals surface area contributed by atoms with Crippen LogP contribution in [0.2, 0.25) is 0 Å². The maximum atomic E-state index is 14.7. The van der Waals surface area contributed by atoms with Crippen molar-refractivity contribution in [1.29, 1.82) is 0 Å². The number of hydrogen-bond acceptors (Lipinski definition) is 0. The third kappa shape index (κ3) is 6.70. The second kappa shape index (κ2) is 13.1. The van der Waals surface area contributed by atoms with Crippen LogP contribution >= 0.6 is 0 Å². The fourth-order valence-corrected chi connectivity index (χ4v) is 6.38. The first kappa shape index (κ1) is 41.3. The van der Waals surface area contributed by atoms with E-state index in [0.29, 0.717) is 55.6 Å². The van der Waals surface area contributed by atoms with Crippen molar-refractivity contribution in [2.75, 3.05) is 0 Å². The molecule has 0 aliphatic heterocycles. The van der Waals surface area contributed by atoms with E-state index in [0.717, 1.165) is 38.5 Å². The van der Waals surface area contributed by atoms with Crippen molar-refractivity contribution in [2.45, 2.75) is 131 Å². The van der Waals surface area contributed by atoms with Crippen molar-refractivity contribution in [2.24, 2.45) is 17.8 Å². The van der Waals surface area contributed by atoms with E-state index in [-0.39, 0.29) is 23.6 Å². The molecule has 49 heavy (non-hydrogen) atoms. The molecule has 0 unspecified atom stereocenters. The van der Waals surface area contributed by atoms with Gasteiger partial charge in [0.1, 0.15) is 0 Å². The summed E-state index contributed by atoms with van der Waals surface area (Å²) in [4.78, 5) is 0. The molecule has 0 heterocycles. The molecule has 3 rings (SSSR count). The lowest BCUT2D eigenvalue weighted by atomic mass is 9.74. The van der Waals surface area contributed by atoms with Crippen LogP contribution < -0.4 is 0 Å². The lowest BCUT2D eigenvalue weighted by molar-refractivity contribution is -0.469. The number of alkyl halides is 19. The first-order chi connectivity index (χ1) is 21.9. The summed E-state index contributed by atoms with van der Waals surface area (Å²) < 4.78 is 260. The van der Waals surface area contributed by atoms with Crippen LogP contribution in [-0.4, -0.2) is 47.6 Å². The van der Waals surface area contributed by atoms with Gasteiger partial charge in [-0.25, -0.2) is 0 Å². The third-order valence-corrected chi connectivity index (χ3v) is 9.83. The Morgan fingerprint density at radius 3 is 1.12 bits per heavy atom. The van der Waals surface area contributed by atoms with Gasteiger partial charge in [0.15, 0.2) is 0 Å². The maximum Gasteiger partial charge on any atom is 0.460 e. The van der Waals surface area contributed by atoms with Gasteiger partial charge in [0.05, 0.1) is 0 Å². The molecule has 284 valence electrons. The Morgan fingerprint density at radius 1 is 0.429 bits per heavy atom. The van der Waals surface area contributed by atoms with E-state index in [1.54, 1.807) is 0 Å². The van der Waals surface area contributed by atoms with Gasteiger partial charge in [-0.05, 0) is 54.9 Å². The molecule has 0 radical (unpaired) electrons. The fraction of sp³-hybridized carbons (Fsp3) is 0.800. The summed E-state index contributed by atoms with van der Waals surface area (Å²) in [5, 5.41) is 0. The van der Waals surface area contributed by atoms with Gasteiger partial charge in [0, 0.05) is 5.56 Å². The molecule has 1 aromatic rings. The quantitative estimate of drug-likeness (QED) is 0.187. The van der Waals surface area contributed by atoms with Crippen molar-refractivity contribution >= 4 is 0 Å². The number of halogens is 19. The van der Waals surface area contributed by atoms with Crippen LogP contribution in [0.1, 0.15) is 88.2 Å². The average molecular weight is 753 g/mol. The predicted molar refractivity (Wildman–Crippen MR) is 136 cm³/mol. The van der Waals surface area contributed by atoms with Crippen LogP contribution in [0.15, 0.2) is 24.3 Å². The minimum Gasteiger partial charge on any atom is -0.194 e. The van der Waals surface area contributed by atoms with Crippen LogP contribution in [0.3, 0.4) is 0 Å². The molecule has 2 aliphatic carbocycles. The van der Waals surface area contributed by atoms with E-state index < -0.39 is 59.1 Å². The second-order valence-corrected chi connectivity index (χ2v) is 13.1. The minimum absolute atomic E-state index is 0.0262. The standard InChI is InChI=1S/C30H31F19/c1-16-2-4-17(5-3-16)6-7-18-8-10-19(11-9-18)20-12-14-21(15-13-20)22(31,32)23(33,34)24(35,36)25(37,38)26(39,40)27(41,42)28(43,44)29(45,46)30(47,48)49/h12-19H,2-11H2,1H3/t16-,17-,18-,19-. The van der Waals surface area contributed by atoms with Crippen molar-refractivity contribution in [3.8, 4) is 0 Å². The molecule has 0 aromatic heterocycles. The zero-order valence-corrected chi connectivity index (χ0v) is 25.4. The molecule has 0 atom stereocenters. The molecule has 0 spiro atoms. The summed E-state index contributed by atoms with van der Waals surface area (Å²) in [6, 6.07) is 1.48. The normalized spacial score (nSPS) is 24.7. The van der Waals surface area contributed by atoms with Crippen molar-refractivity contribution in [3.05, 3.63) is 35.4 Å². The smallest absolute Gasteiger partial charge is 0.194 e. The van der Waals surface area contributed by atoms with Crippen LogP contribution in [0.4, 0.5) is 83.4 Å². The Kier molecular flexibility index (Phi) is 11.1. The van der Waals surface area contributed by atoms with Gasteiger partial charge in [-0.2, -0.15) is 83.4 Å². The SMILES string of the molecule is C[C@H]1CC[C@H](CC[C@H]2CC[C@H](c3ccc(C(F)(F)C(F)(F)C(F)(F)C(F)(F)C(F)(F)C(F)(F)C(F)(F)C(F)(F)C(F)(F)F)cc3)CC2)CC1. The summed E-state index contributed by atoms with van der Waals surface area (Å²) in [7, 11) is 0. The Hall–Kier alpha value is -2.11. The van der Waals surface area contributed by atoms with E-state index in [1.807, 2.05) is 0 Å². The molecule has 0 bridgehead atoms. The molecule has 1 aromatic carbocycles. The molecular formula is C30H31F19. The van der Waals surface area contributed by atoms with Crippen LogP contribution in [0.5, 0.6) is 0 Å². The molecular weight excluding hydrogens is 721 g/mol. The van der Waals surface area contributed by atoms with E-state index in [2.05, 4.69) is 6.92 Å². The van der Waals surface area contributed by atoms with Crippen molar-refractivity contribution in [1.82, 2.24) is 0 Å². The fourth-order valence-electron chi connectivity index (χ4n) is 6.38. The number of hydrogen-bond donors (Lipinski definition) is 0. The van der Waals surface area contributed by atoms with Gasteiger partial charge in [-0.3, -0.25) is 0 Å². The molecule has 0 saturated heterocycles. The first-order valence-corrected chi connectivity index (χ1v) is 15.1. The summed E-state index contributed by atoms with van der Waals surface area (Å²) in [6.07, 6.45) is 0.976. The Labute approximate surface area is 267 Å². The average Bonchev–Trinajstić information content (AvgIpc) is 3.00. The highest BCUT2D eigenvalue weighted by atomic mass is 19.4. The molecule has 2 aliphatic rings. The van der Waals surface area contributed by atoms with Crippen LogP contribution in [0, 0.1) is 17.8 Å². The van der Waals surface area contributed by atoms with Gasteiger partial charge in [-0.15, -0.1) is 0 Å². The van der Waals surface area contributed by atoms with Gasteiger partial charge in [0.25, 0.3) is 0 Å². The van der Waals surface area contributed by atoms with Gasteiger partial charge < -0.3 is 0 Å². The molecule has 0 amide bonds. The topological polar surface area (TPSA) is 0 Å². The number of benzene rings is 1. The Morgan fingerprint density at radius 2 is 0.755 bits per heavy atom. The van der Waals surface area contributed by atoms with Crippen molar-refractivity contribution < 1.29 is 83.4 Å². The summed E-state index contributed by atoms with van der Waals surface area (Å²) >= 11 is 0. The summed E-state index contributed by atoms with van der Waals surface area (Å²) in [5.74, 6) is -65.3. The zero-order chi connectivity index (χ0) is 37.9. The maximum absolute atomic E-state index is 14.7. The largest absolute Gasteiger partial charge is 0.460 e. The molecule has 0 N–H and O–H groups in total. The van der Waals surface area contributed by atoms with Crippen LogP contribution in [-0.2, 0) is 5.92 Å². The highest BCUT2D eigenvalue weighted by Crippen LogP contribution is 2.66. The van der Waals surface area contributed by atoms with Gasteiger partial charge >= 0.3 is 53.6 Å². The molecule has 19 heteroatoms. The summed E-state index contributed by atoms with van der Waals surface area (Å²) in [5.41, 5.74) is -2.05. The number of rotatable bonds is 12. The van der Waals surface area contributed by atoms with Crippen LogP contribution in [0.25, 0.3) is 0 Å². The molecule has 2 fully saturated rings. The summed E-state index contributed by atoms with van der Waals surface area (Å²) in [6.45, 7) is 2.18.